The van der Waals surface area contributed by atoms with Crippen molar-refractivity contribution < 1.29 is 0 Å². The van der Waals surface area contributed by atoms with E-state index in [1.165, 1.54) is 0 Å². The monoisotopic (exact) mass is 388 g/mol. The number of rotatable bonds is 3. The van der Waals surface area contributed by atoms with Crippen LogP contribution in [-0.4, -0.2) is 0 Å². The summed E-state index contributed by atoms with van der Waals surface area (Å²) >= 11 is 0. The summed E-state index contributed by atoms with van der Waals surface area (Å²) in [5.41, 5.74) is 1.14. The van der Waals surface area contributed by atoms with E-state index in [-0.39, 0.29) is 11.1 Å². The molecule has 0 N–H and O–H groups in total. The van der Waals surface area contributed by atoms with Crippen molar-refractivity contribution in [2.75, 3.05) is 0 Å². The molecule has 1 atom stereocenters. The molecule has 0 bridgehead atoms. The van der Waals surface area contributed by atoms with Gasteiger partial charge < -0.3 is 0 Å². The predicted molar refractivity (Wildman–Crippen MR) is 118 cm³/mol. The second kappa shape index (κ2) is 8.49. The van der Waals surface area contributed by atoms with Gasteiger partial charge in [0.2, 0.25) is 0 Å². The van der Waals surface area contributed by atoms with Crippen LogP contribution in [0.2, 0.25) is 0 Å². The first kappa shape index (κ1) is 20.6. The van der Waals surface area contributed by atoms with E-state index >= 15 is 0 Å². The van der Waals surface area contributed by atoms with Crippen molar-refractivity contribution in [3.8, 4) is 24.3 Å². The van der Waals surface area contributed by atoms with Gasteiger partial charge in [-0.2, -0.15) is 21.0 Å². The van der Waals surface area contributed by atoms with Crippen molar-refractivity contribution in [3.63, 3.8) is 0 Å². The molecule has 0 fully saturated rings. The summed E-state index contributed by atoms with van der Waals surface area (Å²) in [6.07, 6.45) is 1.00. The highest BCUT2D eigenvalue weighted by atomic mass is 14.3. The summed E-state index contributed by atoms with van der Waals surface area (Å²) < 4.78 is 0. The van der Waals surface area contributed by atoms with Gasteiger partial charge in [0.1, 0.15) is 35.4 Å². The molecule has 0 amide bonds. The Morgan fingerprint density at radius 3 is 1.63 bits per heavy atom. The lowest BCUT2D eigenvalue weighted by atomic mass is 9.88. The van der Waals surface area contributed by atoms with Gasteiger partial charge in [-0.15, -0.1) is 0 Å². The molecule has 4 heteroatoms. The summed E-state index contributed by atoms with van der Waals surface area (Å²) in [5.74, 6) is 0.819. The molecule has 4 nitrogen and oxygen atoms in total. The first-order valence-electron chi connectivity index (χ1n) is 9.80. The highest BCUT2D eigenvalue weighted by molar-refractivity contribution is 6.05. The van der Waals surface area contributed by atoms with Crippen LogP contribution in [0, 0.1) is 51.2 Å². The Morgan fingerprint density at radius 2 is 1.17 bits per heavy atom. The molecular weight excluding hydrogens is 368 g/mol. The fourth-order valence-electron chi connectivity index (χ4n) is 4.16. The highest BCUT2D eigenvalue weighted by Crippen LogP contribution is 2.26. The first-order valence-corrected chi connectivity index (χ1v) is 9.80. The Hall–Kier alpha value is -4.12. The van der Waals surface area contributed by atoms with Crippen molar-refractivity contribution in [3.05, 3.63) is 58.5 Å². The lowest BCUT2D eigenvalue weighted by molar-refractivity contribution is 0.524. The van der Waals surface area contributed by atoms with Crippen molar-refractivity contribution in [2.45, 2.75) is 33.1 Å². The Morgan fingerprint density at radius 1 is 0.700 bits per heavy atom. The number of nitrogens with zero attached hydrogens (tertiary/aromatic N) is 4. The van der Waals surface area contributed by atoms with Crippen molar-refractivity contribution >= 4 is 32.7 Å². The molecule has 0 aliphatic heterocycles. The van der Waals surface area contributed by atoms with Crippen molar-refractivity contribution in [1.82, 2.24) is 0 Å². The zero-order valence-electron chi connectivity index (χ0n) is 17.2. The second-order valence-electron chi connectivity index (χ2n) is 7.83. The molecule has 3 rings (SSSR count). The van der Waals surface area contributed by atoms with Crippen molar-refractivity contribution in [1.29, 1.82) is 21.0 Å². The Bertz CT molecular complexity index is 1420. The van der Waals surface area contributed by atoms with Crippen LogP contribution in [0.4, 0.5) is 0 Å². The fourth-order valence-corrected chi connectivity index (χ4v) is 4.16. The molecule has 144 valence electrons. The van der Waals surface area contributed by atoms with Gasteiger partial charge in [-0.25, -0.2) is 0 Å². The summed E-state index contributed by atoms with van der Waals surface area (Å²) in [5, 5.41) is 42.4. The fraction of sp³-hybridized carbons (Fsp3) is 0.231. The van der Waals surface area contributed by atoms with E-state index in [1.807, 2.05) is 66.7 Å². The average Bonchev–Trinajstić information content (AvgIpc) is 2.75. The predicted octanol–water partition coefficient (Wildman–Crippen LogP) is 4.54. The lowest BCUT2D eigenvalue weighted by Crippen LogP contribution is -2.19. The third kappa shape index (κ3) is 3.49. The third-order valence-corrected chi connectivity index (χ3v) is 5.39. The largest absolute Gasteiger partial charge is 0.192 e. The molecule has 30 heavy (non-hydrogen) atoms. The van der Waals surface area contributed by atoms with Crippen LogP contribution in [0.15, 0.2) is 42.5 Å². The van der Waals surface area contributed by atoms with Crippen LogP contribution in [0.3, 0.4) is 0 Å². The van der Waals surface area contributed by atoms with E-state index in [9.17, 15) is 21.0 Å². The second-order valence-corrected chi connectivity index (χ2v) is 7.83. The number of nitriles is 4. The maximum atomic E-state index is 9.65. The quantitative estimate of drug-likeness (QED) is 0.616. The summed E-state index contributed by atoms with van der Waals surface area (Å²) in [6.45, 7) is 6.50. The maximum Gasteiger partial charge on any atom is 0.138 e. The van der Waals surface area contributed by atoms with E-state index in [2.05, 4.69) is 20.8 Å². The summed E-state index contributed by atoms with van der Waals surface area (Å²) in [4.78, 5) is 0. The minimum absolute atomic E-state index is 0.0150. The molecule has 0 radical (unpaired) electrons. The highest BCUT2D eigenvalue weighted by Gasteiger charge is 2.15. The molecular formula is C26H20N4. The van der Waals surface area contributed by atoms with E-state index < -0.39 is 0 Å². The number of benzene rings is 3. The van der Waals surface area contributed by atoms with E-state index in [0.29, 0.717) is 38.4 Å². The van der Waals surface area contributed by atoms with Gasteiger partial charge in [0.05, 0.1) is 0 Å². The lowest BCUT2D eigenvalue weighted by Gasteiger charge is -2.16. The van der Waals surface area contributed by atoms with Gasteiger partial charge in [0.25, 0.3) is 0 Å². The third-order valence-electron chi connectivity index (χ3n) is 5.39. The maximum absolute atomic E-state index is 9.65. The van der Waals surface area contributed by atoms with Crippen LogP contribution < -0.4 is 10.4 Å². The molecule has 0 saturated carbocycles. The topological polar surface area (TPSA) is 95.2 Å². The molecule has 0 aliphatic carbocycles. The minimum Gasteiger partial charge on any atom is -0.192 e. The smallest absolute Gasteiger partial charge is 0.138 e. The van der Waals surface area contributed by atoms with Gasteiger partial charge in [0, 0.05) is 10.4 Å². The number of hydrogen-bond acceptors (Lipinski definition) is 4. The van der Waals surface area contributed by atoms with E-state index in [4.69, 9.17) is 0 Å². The van der Waals surface area contributed by atoms with E-state index in [0.717, 1.165) is 17.4 Å². The normalized spacial score (nSPS) is 11.3. The first-order chi connectivity index (χ1) is 14.5. The molecule has 0 aromatic heterocycles. The van der Waals surface area contributed by atoms with E-state index in [1.54, 1.807) is 0 Å². The molecule has 0 spiro atoms. The Balaban J connectivity index is 2.70. The van der Waals surface area contributed by atoms with Crippen LogP contribution in [0.5, 0.6) is 0 Å². The molecule has 0 aliphatic rings. The van der Waals surface area contributed by atoms with Crippen LogP contribution in [0.1, 0.15) is 38.7 Å². The molecule has 0 heterocycles. The van der Waals surface area contributed by atoms with Crippen LogP contribution >= 0.6 is 0 Å². The minimum atomic E-state index is 0.0150. The molecule has 1 unspecified atom stereocenters. The number of hydrogen-bond donors (Lipinski definition) is 0. The zero-order valence-corrected chi connectivity index (χ0v) is 17.2. The Labute approximate surface area is 175 Å². The number of fused-ring (bicyclic) bond motifs is 2. The standard InChI is InChI=1S/C26H20N4/c1-16(2)10-17(3)18-8-9-23-24(11-18)26(20(14-29)15-30)22-7-5-4-6-21(22)25(23)19(12-27)13-28/h4-9,11,16-17H,10H2,1-3H3. The average molecular weight is 388 g/mol. The zero-order chi connectivity index (χ0) is 21.8. The van der Waals surface area contributed by atoms with Gasteiger partial charge in [-0.3, -0.25) is 0 Å². The van der Waals surface area contributed by atoms with Gasteiger partial charge >= 0.3 is 0 Å². The van der Waals surface area contributed by atoms with Crippen LogP contribution in [-0.2, 0) is 0 Å². The summed E-state index contributed by atoms with van der Waals surface area (Å²) in [7, 11) is 0. The van der Waals surface area contributed by atoms with Gasteiger partial charge in [-0.05, 0) is 45.4 Å². The molecule has 3 aromatic rings. The SMILES string of the molecule is CC(C)CC(C)c1ccc2c(=C(C#N)C#N)c3ccccc3c(=C(C#N)C#N)c2c1. The van der Waals surface area contributed by atoms with Crippen LogP contribution in [0.25, 0.3) is 32.7 Å². The Kier molecular flexibility index (Phi) is 5.83. The molecule has 0 saturated heterocycles. The van der Waals surface area contributed by atoms with Crippen molar-refractivity contribution in [2.24, 2.45) is 5.92 Å². The summed E-state index contributed by atoms with van der Waals surface area (Å²) in [6, 6.07) is 21.3. The van der Waals surface area contributed by atoms with Gasteiger partial charge in [-0.1, -0.05) is 63.2 Å². The van der Waals surface area contributed by atoms with Gasteiger partial charge in [0.15, 0.2) is 0 Å². The molecule has 3 aromatic carbocycles.